The molecule has 0 aliphatic carbocycles. The number of piperidine rings is 1. The average molecular weight is 497 g/mol. The van der Waals surface area contributed by atoms with Crippen LogP contribution >= 0.6 is 0 Å². The van der Waals surface area contributed by atoms with E-state index < -0.39 is 0 Å². The van der Waals surface area contributed by atoms with Gasteiger partial charge < -0.3 is 10.6 Å². The van der Waals surface area contributed by atoms with Crippen LogP contribution in [0.2, 0.25) is 0 Å². The fourth-order valence-corrected chi connectivity index (χ4v) is 5.97. The van der Waals surface area contributed by atoms with Crippen LogP contribution in [0, 0.1) is 23.1 Å². The third-order valence-electron chi connectivity index (χ3n) is 7.96. The van der Waals surface area contributed by atoms with Crippen LogP contribution in [0.25, 0.3) is 16.7 Å². The van der Waals surface area contributed by atoms with E-state index in [0.717, 1.165) is 53.1 Å². The monoisotopic (exact) mass is 496 g/mol. The van der Waals surface area contributed by atoms with Gasteiger partial charge in [0.2, 0.25) is 5.91 Å². The Hall–Kier alpha value is -3.96. The number of nitriles is 1. The summed E-state index contributed by atoms with van der Waals surface area (Å²) in [5, 5.41) is 10.2. The molecule has 1 fully saturated rings. The van der Waals surface area contributed by atoms with Crippen LogP contribution in [0.1, 0.15) is 35.1 Å². The van der Waals surface area contributed by atoms with Crippen LogP contribution in [-0.2, 0) is 24.2 Å². The van der Waals surface area contributed by atoms with Gasteiger partial charge in [0.15, 0.2) is 5.65 Å². The second-order valence-electron chi connectivity index (χ2n) is 10.1. The number of para-hydroxylation sites is 2. The quantitative estimate of drug-likeness (QED) is 0.454. The fourth-order valence-electron chi connectivity index (χ4n) is 5.97. The van der Waals surface area contributed by atoms with Crippen molar-refractivity contribution in [3.05, 3.63) is 76.6 Å². The van der Waals surface area contributed by atoms with E-state index in [0.29, 0.717) is 50.1 Å². The Bertz CT molecular complexity index is 1550. The highest BCUT2D eigenvalue weighted by Crippen LogP contribution is 2.38. The minimum Gasteiger partial charge on any atom is -0.369 e. The minimum atomic E-state index is -0.237. The number of amides is 1. The van der Waals surface area contributed by atoms with Crippen molar-refractivity contribution in [1.82, 2.24) is 14.3 Å². The second kappa shape index (κ2) is 9.49. The summed E-state index contributed by atoms with van der Waals surface area (Å²) in [5.74, 6) is 0.532. The standard InChI is InChI=1S/C29H29FN6O/c30-24-6-2-1-5-19(24)9-13-34-14-12-21-22(17-31)28-33-25-7-3-4-8-26(25)36(28)29(23(21)18-34)35-15-10-20(11-16-35)27(32)37/h1-8,20H,9-16,18H2,(H2,32,37). The smallest absolute Gasteiger partial charge is 0.220 e. The zero-order valence-corrected chi connectivity index (χ0v) is 20.7. The molecule has 2 aliphatic rings. The van der Waals surface area contributed by atoms with Gasteiger partial charge in [-0.15, -0.1) is 0 Å². The summed E-state index contributed by atoms with van der Waals surface area (Å²) in [6, 6.07) is 17.4. The summed E-state index contributed by atoms with van der Waals surface area (Å²) < 4.78 is 16.4. The summed E-state index contributed by atoms with van der Waals surface area (Å²) in [6.45, 7) is 3.63. The molecule has 2 aromatic heterocycles. The number of imidazole rings is 1. The van der Waals surface area contributed by atoms with E-state index in [1.54, 1.807) is 6.07 Å². The maximum absolute atomic E-state index is 14.3. The van der Waals surface area contributed by atoms with Crippen LogP contribution < -0.4 is 10.6 Å². The highest BCUT2D eigenvalue weighted by atomic mass is 19.1. The van der Waals surface area contributed by atoms with E-state index in [4.69, 9.17) is 10.7 Å². The molecule has 188 valence electrons. The van der Waals surface area contributed by atoms with Crippen molar-refractivity contribution in [3.8, 4) is 6.07 Å². The number of halogens is 1. The molecule has 2 N–H and O–H groups in total. The molecule has 1 amide bonds. The molecule has 8 heteroatoms. The lowest BCUT2D eigenvalue weighted by atomic mass is 9.92. The molecule has 4 aromatic rings. The molecule has 37 heavy (non-hydrogen) atoms. The molecular formula is C29H29FN6O. The van der Waals surface area contributed by atoms with Crippen molar-refractivity contribution in [2.45, 2.75) is 32.2 Å². The number of carbonyl (C=O) groups is 1. The molecule has 0 spiro atoms. The number of pyridine rings is 1. The van der Waals surface area contributed by atoms with E-state index in [-0.39, 0.29) is 17.6 Å². The number of nitrogens with zero attached hydrogens (tertiary/aromatic N) is 5. The number of hydrogen-bond donors (Lipinski definition) is 1. The Kier molecular flexibility index (Phi) is 6.01. The molecule has 0 unspecified atom stereocenters. The van der Waals surface area contributed by atoms with Crippen LogP contribution in [0.3, 0.4) is 0 Å². The van der Waals surface area contributed by atoms with Crippen LogP contribution in [0.5, 0.6) is 0 Å². The first kappa shape index (κ1) is 23.4. The van der Waals surface area contributed by atoms with Crippen molar-refractivity contribution in [2.24, 2.45) is 11.7 Å². The Morgan fingerprint density at radius 2 is 1.84 bits per heavy atom. The van der Waals surface area contributed by atoms with Gasteiger partial charge >= 0.3 is 0 Å². The van der Waals surface area contributed by atoms with Gasteiger partial charge in [0, 0.05) is 44.2 Å². The molecule has 0 saturated carbocycles. The number of benzene rings is 2. The topological polar surface area (TPSA) is 90.7 Å². The van der Waals surface area contributed by atoms with E-state index in [1.807, 2.05) is 36.4 Å². The molecule has 2 aromatic carbocycles. The molecule has 0 radical (unpaired) electrons. The van der Waals surface area contributed by atoms with Crippen molar-refractivity contribution in [3.63, 3.8) is 0 Å². The van der Waals surface area contributed by atoms with E-state index >= 15 is 0 Å². The summed E-state index contributed by atoms with van der Waals surface area (Å²) in [4.78, 5) is 21.4. The van der Waals surface area contributed by atoms with Crippen molar-refractivity contribution in [1.29, 1.82) is 5.26 Å². The first-order chi connectivity index (χ1) is 18.0. The Balaban J connectivity index is 1.45. The van der Waals surface area contributed by atoms with Crippen LogP contribution in [0.4, 0.5) is 10.2 Å². The van der Waals surface area contributed by atoms with Gasteiger partial charge in [0.05, 0.1) is 16.6 Å². The number of fused-ring (bicyclic) bond motifs is 4. The number of carbonyl (C=O) groups excluding carboxylic acids is 1. The van der Waals surface area contributed by atoms with E-state index in [2.05, 4.69) is 20.3 Å². The van der Waals surface area contributed by atoms with Gasteiger partial charge in [-0.1, -0.05) is 30.3 Å². The summed E-state index contributed by atoms with van der Waals surface area (Å²) in [5.41, 5.74) is 11.7. The molecule has 2 aliphatic heterocycles. The van der Waals surface area contributed by atoms with Gasteiger partial charge in [-0.3, -0.25) is 14.1 Å². The number of aromatic nitrogens is 2. The maximum Gasteiger partial charge on any atom is 0.220 e. The summed E-state index contributed by atoms with van der Waals surface area (Å²) >= 11 is 0. The molecule has 1 saturated heterocycles. The first-order valence-corrected chi connectivity index (χ1v) is 12.9. The molecule has 4 heterocycles. The molecule has 0 atom stereocenters. The molecule has 6 rings (SSSR count). The fraction of sp³-hybridized carbons (Fsp3) is 0.345. The number of anilines is 1. The predicted octanol–water partition coefficient (Wildman–Crippen LogP) is 3.80. The summed E-state index contributed by atoms with van der Waals surface area (Å²) in [6.07, 6.45) is 2.77. The van der Waals surface area contributed by atoms with Crippen molar-refractivity contribution < 1.29 is 9.18 Å². The number of nitrogens with two attached hydrogens (primary N) is 1. The van der Waals surface area contributed by atoms with Crippen LogP contribution in [0.15, 0.2) is 48.5 Å². The lowest BCUT2D eigenvalue weighted by Gasteiger charge is -2.38. The Labute approximate surface area is 214 Å². The second-order valence-corrected chi connectivity index (χ2v) is 10.1. The normalized spacial score (nSPS) is 16.7. The number of primary amides is 1. The van der Waals surface area contributed by atoms with Crippen LogP contribution in [-0.4, -0.2) is 46.4 Å². The third kappa shape index (κ3) is 4.09. The predicted molar refractivity (Wildman–Crippen MR) is 141 cm³/mol. The first-order valence-electron chi connectivity index (χ1n) is 12.9. The van der Waals surface area contributed by atoms with Gasteiger partial charge in [0.1, 0.15) is 17.7 Å². The van der Waals surface area contributed by atoms with Gasteiger partial charge in [-0.25, -0.2) is 9.37 Å². The van der Waals surface area contributed by atoms with Gasteiger partial charge in [0.25, 0.3) is 0 Å². The molecular weight excluding hydrogens is 467 g/mol. The number of rotatable bonds is 5. The lowest BCUT2D eigenvalue weighted by Crippen LogP contribution is -2.41. The van der Waals surface area contributed by atoms with Crippen molar-refractivity contribution in [2.75, 3.05) is 31.1 Å². The number of hydrogen-bond acceptors (Lipinski definition) is 5. The minimum absolute atomic E-state index is 0.113. The molecule has 7 nitrogen and oxygen atoms in total. The van der Waals surface area contributed by atoms with E-state index in [1.165, 1.54) is 6.07 Å². The summed E-state index contributed by atoms with van der Waals surface area (Å²) in [7, 11) is 0. The highest BCUT2D eigenvalue weighted by molar-refractivity contribution is 5.86. The largest absolute Gasteiger partial charge is 0.369 e. The Morgan fingerprint density at radius 1 is 1.08 bits per heavy atom. The van der Waals surface area contributed by atoms with Gasteiger partial charge in [-0.2, -0.15) is 5.26 Å². The lowest BCUT2D eigenvalue weighted by molar-refractivity contribution is -0.122. The van der Waals surface area contributed by atoms with E-state index in [9.17, 15) is 14.4 Å². The SMILES string of the molecule is N#Cc1c2c(c(N3CCC(C(N)=O)CC3)n3c1nc1ccccc13)CN(CCc1ccccc1F)CC2. The van der Waals surface area contributed by atoms with Crippen molar-refractivity contribution >= 4 is 28.4 Å². The maximum atomic E-state index is 14.3. The highest BCUT2D eigenvalue weighted by Gasteiger charge is 2.32. The molecule has 0 bridgehead atoms. The zero-order valence-electron chi connectivity index (χ0n) is 20.7. The average Bonchev–Trinajstić information content (AvgIpc) is 3.30. The Morgan fingerprint density at radius 3 is 2.59 bits per heavy atom. The zero-order chi connectivity index (χ0) is 25.5. The van der Waals surface area contributed by atoms with Gasteiger partial charge in [-0.05, 0) is 55.0 Å². The third-order valence-corrected chi connectivity index (χ3v) is 7.96.